The van der Waals surface area contributed by atoms with E-state index >= 15 is 0 Å². The fraction of sp³-hybridized carbons (Fsp3) is 0.261. The number of rotatable bonds is 4. The highest BCUT2D eigenvalue weighted by Crippen LogP contribution is 2.32. The second-order valence-corrected chi connectivity index (χ2v) is 7.02. The van der Waals surface area contributed by atoms with Crippen molar-refractivity contribution in [2.45, 2.75) is 32.4 Å². The van der Waals surface area contributed by atoms with E-state index in [0.717, 1.165) is 19.5 Å². The van der Waals surface area contributed by atoms with Gasteiger partial charge in [-0.3, -0.25) is 4.79 Å². The van der Waals surface area contributed by atoms with Crippen LogP contribution in [-0.4, -0.2) is 21.9 Å². The first-order chi connectivity index (χ1) is 12.7. The van der Waals surface area contributed by atoms with E-state index in [1.54, 1.807) is 0 Å². The lowest BCUT2D eigenvalue weighted by atomic mass is 9.99. The molecule has 132 valence electrons. The summed E-state index contributed by atoms with van der Waals surface area (Å²) in [6.45, 7) is 3.71. The lowest BCUT2D eigenvalue weighted by Crippen LogP contribution is -2.42. The Morgan fingerprint density at radius 1 is 1.00 bits per heavy atom. The van der Waals surface area contributed by atoms with Gasteiger partial charge in [0.2, 0.25) is 5.91 Å². The third kappa shape index (κ3) is 3.30. The van der Waals surface area contributed by atoms with Crippen LogP contribution < -0.4 is 0 Å². The molecule has 0 radical (unpaired) electrons. The molecule has 0 saturated heterocycles. The van der Waals surface area contributed by atoms with E-state index < -0.39 is 0 Å². The number of aryl methyl sites for hydroxylation is 2. The van der Waals surface area contributed by atoms with E-state index in [4.69, 9.17) is 0 Å². The molecule has 4 rings (SSSR count). The third-order valence-electron chi connectivity index (χ3n) is 5.18. The molecule has 3 aromatic rings. The van der Waals surface area contributed by atoms with E-state index in [-0.39, 0.29) is 11.9 Å². The van der Waals surface area contributed by atoms with E-state index in [0.29, 0.717) is 6.42 Å². The summed E-state index contributed by atoms with van der Waals surface area (Å²) in [5.41, 5.74) is 4.85. The highest BCUT2D eigenvalue weighted by atomic mass is 16.2. The van der Waals surface area contributed by atoms with Gasteiger partial charge in [-0.25, -0.2) is 0 Å². The van der Waals surface area contributed by atoms with Gasteiger partial charge in [-0.15, -0.1) is 0 Å². The number of benzene rings is 2. The Balaban J connectivity index is 1.57. The lowest BCUT2D eigenvalue weighted by molar-refractivity contribution is -0.133. The third-order valence-corrected chi connectivity index (χ3v) is 5.18. The van der Waals surface area contributed by atoms with Gasteiger partial charge < -0.3 is 9.47 Å². The van der Waals surface area contributed by atoms with E-state index in [1.807, 2.05) is 18.2 Å². The number of nitrogens with zero attached hydrogens (tertiary/aromatic N) is 2. The molecule has 0 saturated carbocycles. The van der Waals surface area contributed by atoms with Gasteiger partial charge in [0.05, 0.1) is 6.04 Å². The molecular weight excluding hydrogens is 320 g/mol. The fourth-order valence-electron chi connectivity index (χ4n) is 3.90. The molecule has 0 bridgehead atoms. The number of fused-ring (bicyclic) bond motifs is 1. The Labute approximate surface area is 154 Å². The zero-order valence-electron chi connectivity index (χ0n) is 15.1. The van der Waals surface area contributed by atoms with E-state index in [2.05, 4.69) is 71.1 Å². The summed E-state index contributed by atoms with van der Waals surface area (Å²) in [6, 6.07) is 23.0. The molecule has 0 spiro atoms. The van der Waals surface area contributed by atoms with Crippen LogP contribution in [0.1, 0.15) is 34.8 Å². The Hall–Kier alpha value is -2.81. The van der Waals surface area contributed by atoms with Crippen LogP contribution in [0.25, 0.3) is 0 Å². The number of hydrogen-bond acceptors (Lipinski definition) is 1. The number of hydrogen-bond donors (Lipinski definition) is 0. The van der Waals surface area contributed by atoms with Crippen molar-refractivity contribution in [3.63, 3.8) is 0 Å². The van der Waals surface area contributed by atoms with Gasteiger partial charge in [-0.2, -0.15) is 0 Å². The van der Waals surface area contributed by atoms with Crippen molar-refractivity contribution in [3.05, 3.63) is 95.3 Å². The maximum Gasteiger partial charge on any atom is 0.223 e. The van der Waals surface area contributed by atoms with Gasteiger partial charge in [0.15, 0.2) is 0 Å². The summed E-state index contributed by atoms with van der Waals surface area (Å²) < 4.78 is 2.27. The zero-order valence-corrected chi connectivity index (χ0v) is 15.1. The molecular formula is C23H24N2O. The second kappa shape index (κ2) is 7.20. The predicted octanol–water partition coefficient (Wildman–Crippen LogP) is 4.36. The van der Waals surface area contributed by atoms with Crippen molar-refractivity contribution in [2.75, 3.05) is 6.54 Å². The molecule has 1 aromatic heterocycles. The smallest absolute Gasteiger partial charge is 0.223 e. The van der Waals surface area contributed by atoms with Crippen LogP contribution in [0.3, 0.4) is 0 Å². The Morgan fingerprint density at radius 3 is 2.65 bits per heavy atom. The molecule has 26 heavy (non-hydrogen) atoms. The summed E-state index contributed by atoms with van der Waals surface area (Å²) in [5, 5.41) is 0. The van der Waals surface area contributed by atoms with Crippen LogP contribution in [-0.2, 0) is 17.8 Å². The monoisotopic (exact) mass is 344 g/mol. The minimum Gasteiger partial charge on any atom is -0.348 e. The van der Waals surface area contributed by atoms with Gasteiger partial charge in [0.1, 0.15) is 0 Å². The van der Waals surface area contributed by atoms with Crippen LogP contribution in [0.15, 0.2) is 72.9 Å². The standard InChI is InChI=1S/C23H24N2O/c1-18-7-5-8-19(17-18)12-13-22(26)25-16-15-24-14-6-11-21(24)23(25)20-9-3-2-4-10-20/h2-11,14,17,23H,12-13,15-16H2,1H3. The topological polar surface area (TPSA) is 25.2 Å². The van der Waals surface area contributed by atoms with Gasteiger partial charge in [0, 0.05) is 31.4 Å². The Morgan fingerprint density at radius 2 is 1.85 bits per heavy atom. The van der Waals surface area contributed by atoms with Gasteiger partial charge >= 0.3 is 0 Å². The van der Waals surface area contributed by atoms with E-state index in [9.17, 15) is 4.79 Å². The van der Waals surface area contributed by atoms with Gasteiger partial charge in [-0.05, 0) is 36.6 Å². The number of carbonyl (C=O) groups is 1. The highest BCUT2D eigenvalue weighted by molar-refractivity contribution is 5.77. The molecule has 2 heterocycles. The molecule has 2 aromatic carbocycles. The molecule has 1 atom stereocenters. The van der Waals surface area contributed by atoms with Crippen molar-refractivity contribution >= 4 is 5.91 Å². The van der Waals surface area contributed by atoms with Gasteiger partial charge in [0.25, 0.3) is 0 Å². The average molecular weight is 344 g/mol. The summed E-state index contributed by atoms with van der Waals surface area (Å²) in [5.74, 6) is 0.229. The molecule has 1 aliphatic heterocycles. The lowest BCUT2D eigenvalue weighted by Gasteiger charge is -2.37. The average Bonchev–Trinajstić information content (AvgIpc) is 3.15. The summed E-state index contributed by atoms with van der Waals surface area (Å²) >= 11 is 0. The fourth-order valence-corrected chi connectivity index (χ4v) is 3.90. The van der Waals surface area contributed by atoms with Crippen molar-refractivity contribution in [1.82, 2.24) is 9.47 Å². The predicted molar refractivity (Wildman–Crippen MR) is 104 cm³/mol. The molecule has 1 amide bonds. The van der Waals surface area contributed by atoms with Crippen molar-refractivity contribution in [1.29, 1.82) is 0 Å². The quantitative estimate of drug-likeness (QED) is 0.690. The van der Waals surface area contributed by atoms with Gasteiger partial charge in [-0.1, -0.05) is 60.2 Å². The second-order valence-electron chi connectivity index (χ2n) is 7.02. The highest BCUT2D eigenvalue weighted by Gasteiger charge is 2.31. The van der Waals surface area contributed by atoms with Crippen LogP contribution in [0.5, 0.6) is 0 Å². The number of aromatic nitrogens is 1. The Kier molecular flexibility index (Phi) is 4.61. The first-order valence-corrected chi connectivity index (χ1v) is 9.27. The minimum atomic E-state index is 0.00459. The van der Waals surface area contributed by atoms with Crippen LogP contribution in [0.4, 0.5) is 0 Å². The first-order valence-electron chi connectivity index (χ1n) is 9.27. The molecule has 1 unspecified atom stereocenters. The molecule has 3 heteroatoms. The van der Waals surface area contributed by atoms with E-state index in [1.165, 1.54) is 22.4 Å². The van der Waals surface area contributed by atoms with Crippen LogP contribution >= 0.6 is 0 Å². The zero-order chi connectivity index (χ0) is 17.9. The summed E-state index contributed by atoms with van der Waals surface area (Å²) in [6.07, 6.45) is 3.45. The van der Waals surface area contributed by atoms with Crippen molar-refractivity contribution in [3.8, 4) is 0 Å². The summed E-state index contributed by atoms with van der Waals surface area (Å²) in [4.78, 5) is 15.1. The minimum absolute atomic E-state index is 0.00459. The maximum atomic E-state index is 13.1. The number of carbonyl (C=O) groups excluding carboxylic acids is 1. The largest absolute Gasteiger partial charge is 0.348 e. The molecule has 3 nitrogen and oxygen atoms in total. The SMILES string of the molecule is Cc1cccc(CCC(=O)N2CCn3cccc3C2c2ccccc2)c1. The van der Waals surface area contributed by atoms with Crippen LogP contribution in [0.2, 0.25) is 0 Å². The summed E-state index contributed by atoms with van der Waals surface area (Å²) in [7, 11) is 0. The van der Waals surface area contributed by atoms with Crippen molar-refractivity contribution in [2.24, 2.45) is 0 Å². The maximum absolute atomic E-state index is 13.1. The van der Waals surface area contributed by atoms with Crippen LogP contribution in [0, 0.1) is 6.92 Å². The molecule has 0 fully saturated rings. The first kappa shape index (κ1) is 16.6. The normalized spacial score (nSPS) is 16.3. The van der Waals surface area contributed by atoms with Crippen molar-refractivity contribution < 1.29 is 4.79 Å². The molecule has 0 aliphatic carbocycles. The molecule has 0 N–H and O–H groups in total. The number of amides is 1. The molecule has 1 aliphatic rings. The Bertz CT molecular complexity index is 897.